The maximum atomic E-state index is 14.9. The number of anilines is 1. The predicted octanol–water partition coefficient (Wildman–Crippen LogP) is 4.70. The van der Waals surface area contributed by atoms with Gasteiger partial charge in [0.15, 0.2) is 0 Å². The molecule has 1 amide bonds. The summed E-state index contributed by atoms with van der Waals surface area (Å²) in [4.78, 5) is 13.6. The van der Waals surface area contributed by atoms with Gasteiger partial charge in [0.25, 0.3) is 10.0 Å². The van der Waals surface area contributed by atoms with E-state index >= 15 is 0 Å². The first-order valence-corrected chi connectivity index (χ1v) is 16.1. The predicted molar refractivity (Wildman–Crippen MR) is 155 cm³/mol. The third-order valence-corrected chi connectivity index (χ3v) is 8.75. The summed E-state index contributed by atoms with van der Waals surface area (Å²) in [5, 5.41) is 0. The molecule has 0 aliphatic carbocycles. The van der Waals surface area contributed by atoms with Crippen LogP contribution in [-0.4, -0.2) is 71.0 Å². The van der Waals surface area contributed by atoms with Gasteiger partial charge in [0.2, 0.25) is 10.0 Å². The van der Waals surface area contributed by atoms with E-state index in [1.165, 1.54) is 73.8 Å². The van der Waals surface area contributed by atoms with Crippen LogP contribution in [0.1, 0.15) is 32.8 Å². The van der Waals surface area contributed by atoms with Gasteiger partial charge in [-0.1, -0.05) is 18.2 Å². The lowest BCUT2D eigenvalue weighted by Gasteiger charge is -2.24. The van der Waals surface area contributed by atoms with Crippen LogP contribution in [0, 0.1) is 5.82 Å². The summed E-state index contributed by atoms with van der Waals surface area (Å²) in [7, 11) is -5.08. The Morgan fingerprint density at radius 3 is 2.32 bits per heavy atom. The van der Waals surface area contributed by atoms with Gasteiger partial charge in [-0.15, -0.1) is 0 Å². The highest BCUT2D eigenvalue weighted by Crippen LogP contribution is 2.31. The molecule has 0 saturated heterocycles. The summed E-state index contributed by atoms with van der Waals surface area (Å²) in [6.45, 7) is 5.58. The number of benzene rings is 2. The summed E-state index contributed by atoms with van der Waals surface area (Å²) in [6, 6.07) is 12.8. The van der Waals surface area contributed by atoms with Gasteiger partial charge in [0, 0.05) is 39.1 Å². The van der Waals surface area contributed by atoms with Crippen molar-refractivity contribution in [1.29, 1.82) is 0 Å². The molecule has 3 rings (SSSR count). The lowest BCUT2D eigenvalue weighted by molar-refractivity contribution is 0.0285. The minimum absolute atomic E-state index is 0.0136. The van der Waals surface area contributed by atoms with Gasteiger partial charge in [-0.3, -0.25) is 4.31 Å². The Kier molecular flexibility index (Phi) is 9.88. The van der Waals surface area contributed by atoms with Gasteiger partial charge in [-0.05, 0) is 69.2 Å². The van der Waals surface area contributed by atoms with Crippen LogP contribution in [0.5, 0.6) is 0 Å². The van der Waals surface area contributed by atoms with E-state index in [4.69, 9.17) is 9.47 Å². The summed E-state index contributed by atoms with van der Waals surface area (Å²) in [5.74, 6) is -0.635. The number of hydrogen-bond donors (Lipinski definition) is 0. The van der Waals surface area contributed by atoms with Crippen LogP contribution in [0.4, 0.5) is 14.9 Å². The average molecular weight is 610 g/mol. The van der Waals surface area contributed by atoms with Crippen molar-refractivity contribution in [2.75, 3.05) is 37.9 Å². The van der Waals surface area contributed by atoms with Crippen molar-refractivity contribution < 1.29 is 35.5 Å². The van der Waals surface area contributed by atoms with Crippen LogP contribution < -0.4 is 4.31 Å². The fourth-order valence-corrected chi connectivity index (χ4v) is 6.47. The van der Waals surface area contributed by atoms with E-state index in [9.17, 15) is 26.0 Å². The van der Waals surface area contributed by atoms with Crippen LogP contribution >= 0.6 is 0 Å². The number of aromatic nitrogens is 1. The van der Waals surface area contributed by atoms with Gasteiger partial charge in [0.1, 0.15) is 11.4 Å². The van der Waals surface area contributed by atoms with E-state index in [-0.39, 0.29) is 34.9 Å². The highest BCUT2D eigenvalue weighted by atomic mass is 32.2. The number of sulfonamides is 1. The van der Waals surface area contributed by atoms with Crippen LogP contribution in [0.25, 0.3) is 11.3 Å². The van der Waals surface area contributed by atoms with E-state index in [1.807, 2.05) is 0 Å². The first-order chi connectivity index (χ1) is 19.0. The molecule has 0 unspecified atom stereocenters. The highest BCUT2D eigenvalue weighted by molar-refractivity contribution is 7.92. The van der Waals surface area contributed by atoms with Gasteiger partial charge < -0.3 is 14.4 Å². The Hall–Kier alpha value is -3.42. The molecule has 0 aliphatic heterocycles. The van der Waals surface area contributed by atoms with Crippen LogP contribution in [0.3, 0.4) is 0 Å². The summed E-state index contributed by atoms with van der Waals surface area (Å²) < 4.78 is 80.4. The van der Waals surface area contributed by atoms with E-state index in [0.717, 1.165) is 14.5 Å². The Bertz CT molecular complexity index is 1600. The molecule has 1 aromatic heterocycles. The molecule has 0 atom stereocenters. The molecule has 0 spiro atoms. The number of ether oxygens (including phenoxy) is 2. The second kappa shape index (κ2) is 12.6. The van der Waals surface area contributed by atoms with Gasteiger partial charge in [-0.2, -0.15) is 0 Å². The molecular formula is C28H36FN3O7S2. The number of carbonyl (C=O) groups excluding carboxylic acids is 1. The number of halogens is 1. The molecule has 0 bridgehead atoms. The Morgan fingerprint density at radius 2 is 1.71 bits per heavy atom. The monoisotopic (exact) mass is 609 g/mol. The molecule has 2 aromatic carbocycles. The minimum atomic E-state index is -4.36. The Morgan fingerprint density at radius 1 is 1.02 bits per heavy atom. The number of carbonyl (C=O) groups is 1. The molecule has 1 heterocycles. The second-order valence-corrected chi connectivity index (χ2v) is 14.3. The van der Waals surface area contributed by atoms with Crippen molar-refractivity contribution in [3.8, 4) is 11.3 Å². The fourth-order valence-electron chi connectivity index (χ4n) is 4.08. The van der Waals surface area contributed by atoms with E-state index < -0.39 is 37.6 Å². The molecular weight excluding hydrogens is 573 g/mol. The standard InChI is InChI=1S/C28H36FN3O7S2/c1-28(2,3)39-27(33)30(4)19-21-17-26(24-13-7-8-14-25(24)29)32(20-21)41(36,37)23-12-9-11-22(18-23)31(40(6,34)35)15-10-16-38-5/h7-9,11-14,17-18,20H,10,15-16,19H2,1-6H3. The summed E-state index contributed by atoms with van der Waals surface area (Å²) in [6.07, 6.45) is 2.14. The van der Waals surface area contributed by atoms with Crippen LogP contribution in [0.2, 0.25) is 0 Å². The Labute approximate surface area is 241 Å². The number of amides is 1. The smallest absolute Gasteiger partial charge is 0.410 e. The molecule has 41 heavy (non-hydrogen) atoms. The maximum Gasteiger partial charge on any atom is 0.410 e. The minimum Gasteiger partial charge on any atom is -0.444 e. The maximum absolute atomic E-state index is 14.9. The summed E-state index contributed by atoms with van der Waals surface area (Å²) >= 11 is 0. The first kappa shape index (κ1) is 32.1. The SMILES string of the molecule is COCCCN(c1cccc(S(=O)(=O)n2cc(CN(C)C(=O)OC(C)(C)C)cc2-c2ccccc2F)c1)S(C)(=O)=O. The van der Waals surface area contributed by atoms with Crippen molar-refractivity contribution in [2.24, 2.45) is 0 Å². The van der Waals surface area contributed by atoms with Crippen molar-refractivity contribution in [1.82, 2.24) is 8.87 Å². The van der Waals surface area contributed by atoms with Crippen LogP contribution in [0.15, 0.2) is 65.7 Å². The zero-order valence-corrected chi connectivity index (χ0v) is 25.6. The summed E-state index contributed by atoms with van der Waals surface area (Å²) in [5.41, 5.74) is -0.0763. The molecule has 0 aliphatic rings. The molecule has 3 aromatic rings. The van der Waals surface area contributed by atoms with Crippen molar-refractivity contribution >= 4 is 31.8 Å². The second-order valence-electron chi connectivity index (χ2n) is 10.5. The van der Waals surface area contributed by atoms with Crippen molar-refractivity contribution in [3.63, 3.8) is 0 Å². The number of rotatable bonds is 11. The fraction of sp³-hybridized carbons (Fsp3) is 0.393. The van der Waals surface area contributed by atoms with Crippen LogP contribution in [-0.2, 0) is 36.1 Å². The lowest BCUT2D eigenvalue weighted by atomic mass is 10.1. The van der Waals surface area contributed by atoms with E-state index in [1.54, 1.807) is 26.8 Å². The number of nitrogens with zero attached hydrogens (tertiary/aromatic N) is 3. The van der Waals surface area contributed by atoms with Gasteiger partial charge >= 0.3 is 6.09 Å². The normalized spacial score (nSPS) is 12.3. The number of methoxy groups -OCH3 is 1. The zero-order valence-electron chi connectivity index (χ0n) is 24.0. The third-order valence-electron chi connectivity index (χ3n) is 5.89. The lowest BCUT2D eigenvalue weighted by Crippen LogP contribution is -2.33. The van der Waals surface area contributed by atoms with Gasteiger partial charge in [0.05, 0.1) is 29.1 Å². The van der Waals surface area contributed by atoms with Crippen molar-refractivity contribution in [3.05, 3.63) is 72.2 Å². The molecule has 224 valence electrons. The molecule has 0 radical (unpaired) electrons. The quantitative estimate of drug-likeness (QED) is 0.290. The first-order valence-electron chi connectivity index (χ1n) is 12.8. The van der Waals surface area contributed by atoms with E-state index in [2.05, 4.69) is 0 Å². The number of hydrogen-bond acceptors (Lipinski definition) is 7. The van der Waals surface area contributed by atoms with Gasteiger partial charge in [-0.25, -0.2) is 30.0 Å². The van der Waals surface area contributed by atoms with Crippen molar-refractivity contribution in [2.45, 2.75) is 44.2 Å². The van der Waals surface area contributed by atoms with E-state index in [0.29, 0.717) is 18.6 Å². The molecule has 10 nitrogen and oxygen atoms in total. The molecule has 0 saturated carbocycles. The molecule has 13 heteroatoms. The third kappa shape index (κ3) is 8.08. The largest absolute Gasteiger partial charge is 0.444 e. The highest BCUT2D eigenvalue weighted by Gasteiger charge is 2.27. The molecule has 0 N–H and O–H groups in total. The molecule has 0 fully saturated rings. The topological polar surface area (TPSA) is 115 Å². The average Bonchev–Trinajstić information content (AvgIpc) is 3.29. The Balaban J connectivity index is 2.10. The zero-order chi connectivity index (χ0) is 30.6.